The third-order valence-corrected chi connectivity index (χ3v) is 1.22. The number of nitrogens with one attached hydrogen (secondary N) is 1. The molecule has 0 saturated carbocycles. The van der Waals surface area contributed by atoms with Crippen molar-refractivity contribution < 1.29 is 4.92 Å². The lowest BCUT2D eigenvalue weighted by Crippen LogP contribution is -2.06. The van der Waals surface area contributed by atoms with Crippen LogP contribution in [0.2, 0.25) is 0 Å². The number of pyridine rings is 1. The molecule has 0 saturated heterocycles. The maximum atomic E-state index is 10.6. The van der Waals surface area contributed by atoms with Gasteiger partial charge in [0.05, 0.1) is 11.1 Å². The fourth-order valence-electron chi connectivity index (χ4n) is 0.705. The molecule has 0 unspecified atom stereocenters. The monoisotopic (exact) mass is 165 g/mol. The number of hydrogen-bond donors (Lipinski definition) is 1. The highest BCUT2D eigenvalue weighted by Crippen LogP contribution is 2.12. The summed E-state index contributed by atoms with van der Waals surface area (Å²) >= 11 is 0. The maximum absolute atomic E-state index is 10.6. The summed E-state index contributed by atoms with van der Waals surface area (Å²) in [7, 11) is 0. The van der Waals surface area contributed by atoms with E-state index < -0.39 is 16.2 Å². The van der Waals surface area contributed by atoms with Gasteiger partial charge in [-0.2, -0.15) is 5.26 Å². The van der Waals surface area contributed by atoms with Crippen molar-refractivity contribution in [1.82, 2.24) is 4.98 Å². The summed E-state index contributed by atoms with van der Waals surface area (Å²) < 4.78 is 0. The fourth-order valence-corrected chi connectivity index (χ4v) is 0.705. The van der Waals surface area contributed by atoms with Gasteiger partial charge in [0.15, 0.2) is 0 Å². The Morgan fingerprint density at radius 2 is 2.33 bits per heavy atom. The normalized spacial score (nSPS) is 8.92. The van der Waals surface area contributed by atoms with Crippen LogP contribution >= 0.6 is 0 Å². The summed E-state index contributed by atoms with van der Waals surface area (Å²) in [5.74, 6) is 0. The number of hydrogen-bond acceptors (Lipinski definition) is 4. The molecule has 0 atom stereocenters. The highest BCUT2D eigenvalue weighted by Gasteiger charge is 2.12. The summed E-state index contributed by atoms with van der Waals surface area (Å²) in [5, 5.41) is 18.6. The molecule has 1 heterocycles. The van der Waals surface area contributed by atoms with Crippen molar-refractivity contribution in [3.8, 4) is 6.07 Å². The van der Waals surface area contributed by atoms with E-state index in [9.17, 15) is 14.9 Å². The second-order valence-electron chi connectivity index (χ2n) is 1.97. The number of aromatic amines is 1. The second kappa shape index (κ2) is 2.84. The zero-order chi connectivity index (χ0) is 9.14. The summed E-state index contributed by atoms with van der Waals surface area (Å²) in [6.07, 6.45) is 0.904. The lowest BCUT2D eigenvalue weighted by Gasteiger charge is -1.90. The molecule has 0 amide bonds. The minimum atomic E-state index is -0.728. The van der Waals surface area contributed by atoms with E-state index in [1.54, 1.807) is 6.07 Å². The number of nitriles is 1. The predicted octanol–water partition coefficient (Wildman–Crippen LogP) is 0.155. The van der Waals surface area contributed by atoms with Crippen molar-refractivity contribution in [2.45, 2.75) is 0 Å². The highest BCUT2D eigenvalue weighted by atomic mass is 16.6. The summed E-state index contributed by atoms with van der Waals surface area (Å²) in [6, 6.07) is 2.44. The molecule has 1 aromatic heterocycles. The highest BCUT2D eigenvalue weighted by molar-refractivity contribution is 5.45. The van der Waals surface area contributed by atoms with Gasteiger partial charge in [-0.1, -0.05) is 0 Å². The van der Waals surface area contributed by atoms with E-state index in [1.807, 2.05) is 0 Å². The number of H-pyrrole nitrogens is 1. The molecule has 1 aromatic rings. The molecule has 0 radical (unpaired) electrons. The van der Waals surface area contributed by atoms with Gasteiger partial charge in [0.25, 0.3) is 0 Å². The number of nitrogens with zero attached hydrogens (tertiary/aromatic N) is 2. The van der Waals surface area contributed by atoms with Crippen molar-refractivity contribution in [2.24, 2.45) is 0 Å². The molecule has 1 rings (SSSR count). The molecule has 0 fully saturated rings. The number of rotatable bonds is 1. The first kappa shape index (κ1) is 7.94. The smallest absolute Gasteiger partial charge is 0.303 e. The van der Waals surface area contributed by atoms with Gasteiger partial charge in [0.2, 0.25) is 5.56 Å². The number of aromatic nitrogens is 1. The summed E-state index contributed by atoms with van der Waals surface area (Å²) in [5.41, 5.74) is -1.15. The summed E-state index contributed by atoms with van der Waals surface area (Å²) in [4.78, 5) is 22.2. The topological polar surface area (TPSA) is 99.8 Å². The van der Waals surface area contributed by atoms with Crippen molar-refractivity contribution in [2.75, 3.05) is 0 Å². The zero-order valence-electron chi connectivity index (χ0n) is 5.77. The molecular weight excluding hydrogens is 162 g/mol. The largest absolute Gasteiger partial charge is 0.323 e. The first-order chi connectivity index (χ1) is 5.65. The van der Waals surface area contributed by atoms with Gasteiger partial charge in [-0.05, 0) is 0 Å². The summed E-state index contributed by atoms with van der Waals surface area (Å²) in [6.45, 7) is 0. The Kier molecular flexibility index (Phi) is 1.88. The third-order valence-electron chi connectivity index (χ3n) is 1.22. The molecule has 0 bridgehead atoms. The van der Waals surface area contributed by atoms with Crippen LogP contribution in [0.4, 0.5) is 5.69 Å². The van der Waals surface area contributed by atoms with E-state index in [4.69, 9.17) is 5.26 Å². The van der Waals surface area contributed by atoms with Gasteiger partial charge in [-0.3, -0.25) is 14.9 Å². The van der Waals surface area contributed by atoms with Crippen molar-refractivity contribution in [3.63, 3.8) is 0 Å². The zero-order valence-corrected chi connectivity index (χ0v) is 5.77. The van der Waals surface area contributed by atoms with Crippen LogP contribution in [0.3, 0.4) is 0 Å². The van der Waals surface area contributed by atoms with Gasteiger partial charge in [-0.25, -0.2) is 0 Å². The molecule has 60 valence electrons. The van der Waals surface area contributed by atoms with E-state index in [0.717, 1.165) is 12.3 Å². The van der Waals surface area contributed by atoms with Crippen LogP contribution in [0.1, 0.15) is 5.56 Å². The van der Waals surface area contributed by atoms with Gasteiger partial charge in [-0.15, -0.1) is 0 Å². The molecule has 0 spiro atoms. The van der Waals surface area contributed by atoms with Crippen LogP contribution in [-0.2, 0) is 0 Å². The van der Waals surface area contributed by atoms with E-state index in [0.29, 0.717) is 0 Å². The van der Waals surface area contributed by atoms with Gasteiger partial charge < -0.3 is 4.98 Å². The van der Waals surface area contributed by atoms with E-state index in [2.05, 4.69) is 4.98 Å². The van der Waals surface area contributed by atoms with Crippen LogP contribution in [0, 0.1) is 21.4 Å². The molecule has 1 N–H and O–H groups in total. The van der Waals surface area contributed by atoms with E-state index >= 15 is 0 Å². The molecular formula is C6H3N3O3. The lowest BCUT2D eigenvalue weighted by atomic mass is 10.2. The SMILES string of the molecule is N#Cc1cc(=O)[nH]cc1[N+](=O)[O-]. The average Bonchev–Trinajstić information content (AvgIpc) is 2.03. The molecule has 12 heavy (non-hydrogen) atoms. The first-order valence-electron chi connectivity index (χ1n) is 2.92. The average molecular weight is 165 g/mol. The first-order valence-corrected chi connectivity index (χ1v) is 2.92. The fraction of sp³-hybridized carbons (Fsp3) is 0. The van der Waals surface area contributed by atoms with Crippen molar-refractivity contribution in [3.05, 3.63) is 38.3 Å². The Morgan fingerprint density at radius 1 is 1.67 bits per heavy atom. The van der Waals surface area contributed by atoms with Gasteiger partial charge in [0, 0.05) is 6.07 Å². The molecule has 6 nitrogen and oxygen atoms in total. The van der Waals surface area contributed by atoms with Gasteiger partial charge >= 0.3 is 5.69 Å². The molecule has 0 aliphatic heterocycles. The van der Waals surface area contributed by atoms with Gasteiger partial charge in [0.1, 0.15) is 11.6 Å². The Bertz CT molecular complexity index is 415. The van der Waals surface area contributed by atoms with E-state index in [1.165, 1.54) is 0 Å². The van der Waals surface area contributed by atoms with Crippen LogP contribution in [0.5, 0.6) is 0 Å². The van der Waals surface area contributed by atoms with E-state index in [-0.39, 0.29) is 5.56 Å². The Hall–Kier alpha value is -2.16. The minimum Gasteiger partial charge on any atom is -0.323 e. The Labute approximate surface area is 66.2 Å². The predicted molar refractivity (Wildman–Crippen MR) is 38.4 cm³/mol. The third kappa shape index (κ3) is 1.29. The second-order valence-corrected chi connectivity index (χ2v) is 1.97. The molecule has 6 heteroatoms. The maximum Gasteiger partial charge on any atom is 0.303 e. The molecule has 0 aromatic carbocycles. The molecule has 0 aliphatic carbocycles. The Morgan fingerprint density at radius 3 is 2.83 bits per heavy atom. The Balaban J connectivity index is 3.42. The van der Waals surface area contributed by atoms with Crippen LogP contribution in [0.15, 0.2) is 17.1 Å². The van der Waals surface area contributed by atoms with Crippen LogP contribution < -0.4 is 5.56 Å². The number of nitro groups is 1. The minimum absolute atomic E-state index is 0.233. The van der Waals surface area contributed by atoms with Crippen LogP contribution in [-0.4, -0.2) is 9.91 Å². The quantitative estimate of drug-likeness (QED) is 0.472. The van der Waals surface area contributed by atoms with Crippen molar-refractivity contribution >= 4 is 5.69 Å². The van der Waals surface area contributed by atoms with Crippen molar-refractivity contribution in [1.29, 1.82) is 5.26 Å². The van der Waals surface area contributed by atoms with Crippen LogP contribution in [0.25, 0.3) is 0 Å². The molecule has 0 aliphatic rings. The lowest BCUT2D eigenvalue weighted by molar-refractivity contribution is -0.385. The standard InChI is InChI=1S/C6H3N3O3/c7-2-4-1-6(10)8-3-5(4)9(11)12/h1,3H,(H,8,10).